The molecule has 0 bridgehead atoms. The van der Waals surface area contributed by atoms with Gasteiger partial charge in [0.05, 0.1) is 23.7 Å². The fourth-order valence-corrected chi connectivity index (χ4v) is 1.91. The summed E-state index contributed by atoms with van der Waals surface area (Å²) < 4.78 is 20.5. The molecule has 0 amide bonds. The fraction of sp³-hybridized carbons (Fsp3) is 0.357. The molecule has 1 heterocycles. The molecule has 1 aromatic carbocycles. The van der Waals surface area contributed by atoms with E-state index in [9.17, 15) is 4.39 Å². The highest BCUT2D eigenvalue weighted by molar-refractivity contribution is 5.68. The molecule has 0 spiro atoms. The van der Waals surface area contributed by atoms with Crippen LogP contribution in [0.5, 0.6) is 5.75 Å². The standard InChI is InChI=1S/C14H19FN4O/c1-3-20-14-9-13(12(16)8-11(14)15)17-6-4-10-5-7-19(2)18-10/h5,7-9,17H,3-4,6,16H2,1-2H3. The SMILES string of the molecule is CCOc1cc(NCCc2ccn(C)n2)c(N)cc1F. The summed E-state index contributed by atoms with van der Waals surface area (Å²) >= 11 is 0. The van der Waals surface area contributed by atoms with E-state index in [-0.39, 0.29) is 5.75 Å². The zero-order valence-corrected chi connectivity index (χ0v) is 11.7. The molecule has 20 heavy (non-hydrogen) atoms. The predicted octanol–water partition coefficient (Wildman–Crippen LogP) is 2.19. The van der Waals surface area contributed by atoms with Crippen molar-refractivity contribution in [1.29, 1.82) is 0 Å². The molecule has 3 N–H and O–H groups in total. The smallest absolute Gasteiger partial charge is 0.167 e. The molecule has 6 heteroatoms. The van der Waals surface area contributed by atoms with Crippen LogP contribution in [0.15, 0.2) is 24.4 Å². The van der Waals surface area contributed by atoms with E-state index in [0.717, 1.165) is 12.1 Å². The van der Waals surface area contributed by atoms with Gasteiger partial charge >= 0.3 is 0 Å². The molecule has 0 aliphatic carbocycles. The molecule has 0 saturated carbocycles. The number of nitrogens with zero attached hydrogens (tertiary/aromatic N) is 2. The second-order valence-electron chi connectivity index (χ2n) is 4.46. The lowest BCUT2D eigenvalue weighted by Gasteiger charge is -2.12. The van der Waals surface area contributed by atoms with Crippen molar-refractivity contribution in [3.63, 3.8) is 0 Å². The largest absolute Gasteiger partial charge is 0.491 e. The predicted molar refractivity (Wildman–Crippen MR) is 77.4 cm³/mol. The molecule has 0 fully saturated rings. The Bertz CT molecular complexity index is 583. The van der Waals surface area contributed by atoms with Gasteiger partial charge < -0.3 is 15.8 Å². The zero-order chi connectivity index (χ0) is 14.5. The third-order valence-electron chi connectivity index (χ3n) is 2.87. The van der Waals surface area contributed by atoms with Crippen molar-refractivity contribution in [2.24, 2.45) is 7.05 Å². The van der Waals surface area contributed by atoms with Crippen LogP contribution in [0.3, 0.4) is 0 Å². The van der Waals surface area contributed by atoms with Gasteiger partial charge in [-0.2, -0.15) is 5.10 Å². The highest BCUT2D eigenvalue weighted by Gasteiger charge is 2.08. The van der Waals surface area contributed by atoms with Gasteiger partial charge in [0.25, 0.3) is 0 Å². The third kappa shape index (κ3) is 3.40. The summed E-state index contributed by atoms with van der Waals surface area (Å²) in [7, 11) is 1.88. The molecule has 0 aliphatic heterocycles. The van der Waals surface area contributed by atoms with Gasteiger partial charge in [0.15, 0.2) is 11.6 Å². The van der Waals surface area contributed by atoms with Gasteiger partial charge in [0.1, 0.15) is 0 Å². The summed E-state index contributed by atoms with van der Waals surface area (Å²) in [6, 6.07) is 4.82. The van der Waals surface area contributed by atoms with Gasteiger partial charge in [-0.15, -0.1) is 0 Å². The molecule has 5 nitrogen and oxygen atoms in total. The maximum absolute atomic E-state index is 13.6. The van der Waals surface area contributed by atoms with Crippen LogP contribution < -0.4 is 15.8 Å². The van der Waals surface area contributed by atoms with Crippen LogP contribution in [0.2, 0.25) is 0 Å². The molecule has 1 aromatic heterocycles. The van der Waals surface area contributed by atoms with Gasteiger partial charge in [0, 0.05) is 38.3 Å². The summed E-state index contributed by atoms with van der Waals surface area (Å²) in [6.07, 6.45) is 2.66. The molecule has 0 radical (unpaired) electrons. The summed E-state index contributed by atoms with van der Waals surface area (Å²) in [5.74, 6) is -0.235. The third-order valence-corrected chi connectivity index (χ3v) is 2.87. The minimum atomic E-state index is -0.445. The Morgan fingerprint density at radius 3 is 2.90 bits per heavy atom. The van der Waals surface area contributed by atoms with Crippen LogP contribution >= 0.6 is 0 Å². The molecular weight excluding hydrogens is 259 g/mol. The van der Waals surface area contributed by atoms with Crippen molar-refractivity contribution in [1.82, 2.24) is 9.78 Å². The van der Waals surface area contributed by atoms with E-state index in [4.69, 9.17) is 10.5 Å². The van der Waals surface area contributed by atoms with Crippen LogP contribution in [0.25, 0.3) is 0 Å². The molecule has 108 valence electrons. The number of rotatable bonds is 6. The number of nitrogens with one attached hydrogen (secondary N) is 1. The monoisotopic (exact) mass is 278 g/mol. The fourth-order valence-electron chi connectivity index (χ4n) is 1.91. The number of ether oxygens (including phenoxy) is 1. The van der Waals surface area contributed by atoms with Crippen LogP contribution in [-0.4, -0.2) is 22.9 Å². The second-order valence-corrected chi connectivity index (χ2v) is 4.46. The number of benzene rings is 1. The number of aryl methyl sites for hydroxylation is 1. The lowest BCUT2D eigenvalue weighted by molar-refractivity contribution is 0.322. The Labute approximate surface area is 117 Å². The van der Waals surface area contributed by atoms with Crippen molar-refractivity contribution in [3.8, 4) is 5.75 Å². The van der Waals surface area contributed by atoms with Crippen LogP contribution in [-0.2, 0) is 13.5 Å². The Hall–Kier alpha value is -2.24. The summed E-state index contributed by atoms with van der Waals surface area (Å²) in [6.45, 7) is 2.89. The van der Waals surface area contributed by atoms with E-state index >= 15 is 0 Å². The number of hydrogen-bond donors (Lipinski definition) is 2. The molecule has 2 aromatic rings. The van der Waals surface area contributed by atoms with Crippen LogP contribution in [0, 0.1) is 5.82 Å². The van der Waals surface area contributed by atoms with Gasteiger partial charge in [-0.3, -0.25) is 4.68 Å². The van der Waals surface area contributed by atoms with E-state index in [0.29, 0.717) is 24.5 Å². The van der Waals surface area contributed by atoms with Gasteiger partial charge in [-0.05, 0) is 13.0 Å². The highest BCUT2D eigenvalue weighted by Crippen LogP contribution is 2.28. The van der Waals surface area contributed by atoms with Crippen molar-refractivity contribution in [2.45, 2.75) is 13.3 Å². The Morgan fingerprint density at radius 2 is 2.25 bits per heavy atom. The summed E-state index contributed by atoms with van der Waals surface area (Å²) in [5.41, 5.74) is 7.82. The molecule has 0 aliphatic rings. The molecule has 0 unspecified atom stereocenters. The summed E-state index contributed by atoms with van der Waals surface area (Å²) in [5, 5.41) is 7.46. The lowest BCUT2D eigenvalue weighted by Crippen LogP contribution is -2.08. The number of nitrogens with two attached hydrogens (primary N) is 1. The van der Waals surface area contributed by atoms with E-state index in [1.54, 1.807) is 10.7 Å². The molecule has 0 atom stereocenters. The van der Waals surface area contributed by atoms with Crippen molar-refractivity contribution >= 4 is 11.4 Å². The maximum atomic E-state index is 13.6. The van der Waals surface area contributed by atoms with Gasteiger partial charge in [-0.25, -0.2) is 4.39 Å². The number of hydrogen-bond acceptors (Lipinski definition) is 4. The van der Waals surface area contributed by atoms with Gasteiger partial charge in [-0.1, -0.05) is 0 Å². The number of nitrogen functional groups attached to an aromatic ring is 1. The number of aromatic nitrogens is 2. The Morgan fingerprint density at radius 1 is 1.45 bits per heavy atom. The first-order chi connectivity index (χ1) is 9.60. The van der Waals surface area contributed by atoms with Crippen molar-refractivity contribution < 1.29 is 9.13 Å². The van der Waals surface area contributed by atoms with E-state index in [1.165, 1.54) is 6.07 Å². The van der Waals surface area contributed by atoms with E-state index in [1.807, 2.05) is 26.2 Å². The number of halogens is 1. The number of anilines is 2. The first-order valence-corrected chi connectivity index (χ1v) is 6.54. The minimum Gasteiger partial charge on any atom is -0.491 e. The maximum Gasteiger partial charge on any atom is 0.167 e. The Balaban J connectivity index is 1.99. The first-order valence-electron chi connectivity index (χ1n) is 6.54. The average molecular weight is 278 g/mol. The summed E-state index contributed by atoms with van der Waals surface area (Å²) in [4.78, 5) is 0. The second kappa shape index (κ2) is 6.27. The highest BCUT2D eigenvalue weighted by atomic mass is 19.1. The minimum absolute atomic E-state index is 0.210. The Kier molecular flexibility index (Phi) is 4.45. The quantitative estimate of drug-likeness (QED) is 0.795. The molecular formula is C14H19FN4O. The van der Waals surface area contributed by atoms with Crippen LogP contribution in [0.4, 0.5) is 15.8 Å². The van der Waals surface area contributed by atoms with E-state index in [2.05, 4.69) is 10.4 Å². The average Bonchev–Trinajstić information content (AvgIpc) is 2.81. The normalized spacial score (nSPS) is 10.6. The van der Waals surface area contributed by atoms with Crippen molar-refractivity contribution in [2.75, 3.05) is 24.2 Å². The topological polar surface area (TPSA) is 65.1 Å². The van der Waals surface area contributed by atoms with E-state index < -0.39 is 5.82 Å². The van der Waals surface area contributed by atoms with Crippen LogP contribution in [0.1, 0.15) is 12.6 Å². The van der Waals surface area contributed by atoms with Crippen molar-refractivity contribution in [3.05, 3.63) is 35.9 Å². The van der Waals surface area contributed by atoms with Gasteiger partial charge in [0.2, 0.25) is 0 Å². The molecule has 0 saturated heterocycles. The molecule has 2 rings (SSSR count). The lowest BCUT2D eigenvalue weighted by atomic mass is 10.2. The first kappa shape index (κ1) is 14.2. The zero-order valence-electron chi connectivity index (χ0n) is 11.7.